The molecule has 0 aliphatic carbocycles. The van der Waals surface area contributed by atoms with E-state index in [9.17, 15) is 0 Å². The van der Waals surface area contributed by atoms with E-state index in [0.717, 1.165) is 24.6 Å². The molecule has 0 amide bonds. The average molecular weight is 311 g/mol. The van der Waals surface area contributed by atoms with Crippen molar-refractivity contribution in [2.24, 2.45) is 0 Å². The Morgan fingerprint density at radius 3 is 2.30 bits per heavy atom. The summed E-state index contributed by atoms with van der Waals surface area (Å²) in [4.78, 5) is 8.83. The van der Waals surface area contributed by atoms with Crippen LogP contribution in [0, 0.1) is 0 Å². The maximum absolute atomic E-state index is 6.15. The predicted molar refractivity (Wildman–Crippen MR) is 85.3 cm³/mol. The Bertz CT molecular complexity index is 581. The molecule has 0 atom stereocenters. The third-order valence-electron chi connectivity index (χ3n) is 2.66. The Kier molecular flexibility index (Phi) is 5.04. The van der Waals surface area contributed by atoms with Crippen molar-refractivity contribution in [2.75, 3.05) is 17.2 Å². The van der Waals surface area contributed by atoms with Crippen LogP contribution in [0.1, 0.15) is 19.7 Å². The normalized spacial score (nSPS) is 10.4. The molecule has 0 bridgehead atoms. The minimum atomic E-state index is 0.555. The van der Waals surface area contributed by atoms with E-state index in [1.54, 1.807) is 18.2 Å². The van der Waals surface area contributed by atoms with Crippen molar-refractivity contribution < 1.29 is 0 Å². The van der Waals surface area contributed by atoms with Gasteiger partial charge >= 0.3 is 0 Å². The van der Waals surface area contributed by atoms with Gasteiger partial charge in [0.2, 0.25) is 0 Å². The van der Waals surface area contributed by atoms with Crippen molar-refractivity contribution in [3.63, 3.8) is 0 Å². The number of aromatic nitrogens is 2. The quantitative estimate of drug-likeness (QED) is 0.852. The highest BCUT2D eigenvalue weighted by molar-refractivity contribution is 6.39. The summed E-state index contributed by atoms with van der Waals surface area (Å²) in [5, 5.41) is 7.45. The number of hydrogen-bond acceptors (Lipinski definition) is 4. The Balaban J connectivity index is 2.35. The molecule has 0 fully saturated rings. The summed E-state index contributed by atoms with van der Waals surface area (Å²) in [5.74, 6) is 2.21. The molecule has 2 rings (SSSR count). The highest BCUT2D eigenvalue weighted by Crippen LogP contribution is 2.32. The lowest BCUT2D eigenvalue weighted by Crippen LogP contribution is -2.06. The molecule has 1 aromatic heterocycles. The first-order chi connectivity index (χ1) is 9.63. The lowest BCUT2D eigenvalue weighted by molar-refractivity contribution is 0.939. The first-order valence-electron chi connectivity index (χ1n) is 6.47. The van der Waals surface area contributed by atoms with Crippen molar-refractivity contribution in [3.05, 3.63) is 40.1 Å². The second kappa shape index (κ2) is 6.77. The van der Waals surface area contributed by atoms with Gasteiger partial charge in [0.25, 0.3) is 0 Å². The second-order valence-corrected chi connectivity index (χ2v) is 4.97. The molecule has 0 spiro atoms. The molecule has 1 heterocycles. The number of halogens is 2. The summed E-state index contributed by atoms with van der Waals surface area (Å²) in [6.07, 6.45) is 0.754. The number of nitrogens with one attached hydrogen (secondary N) is 2. The van der Waals surface area contributed by atoms with Gasteiger partial charge in [-0.25, -0.2) is 9.97 Å². The molecule has 6 heteroatoms. The maximum atomic E-state index is 6.15. The fourth-order valence-corrected chi connectivity index (χ4v) is 2.23. The summed E-state index contributed by atoms with van der Waals surface area (Å²) in [5.41, 5.74) is 0.652. The third kappa shape index (κ3) is 3.52. The second-order valence-electron chi connectivity index (χ2n) is 4.16. The molecular weight excluding hydrogens is 295 g/mol. The van der Waals surface area contributed by atoms with Crippen LogP contribution in [0.2, 0.25) is 10.0 Å². The van der Waals surface area contributed by atoms with Gasteiger partial charge in [0.1, 0.15) is 17.5 Å². The average Bonchev–Trinajstić information content (AvgIpc) is 2.43. The lowest BCUT2D eigenvalue weighted by Gasteiger charge is -2.12. The summed E-state index contributed by atoms with van der Waals surface area (Å²) in [6.45, 7) is 4.83. The van der Waals surface area contributed by atoms with E-state index in [2.05, 4.69) is 20.6 Å². The Hall–Kier alpha value is -1.52. The fourth-order valence-electron chi connectivity index (χ4n) is 1.74. The molecule has 0 radical (unpaired) electrons. The number of rotatable bonds is 5. The van der Waals surface area contributed by atoms with E-state index in [4.69, 9.17) is 23.2 Å². The minimum absolute atomic E-state index is 0.555. The van der Waals surface area contributed by atoms with Crippen molar-refractivity contribution in [2.45, 2.75) is 20.3 Å². The summed E-state index contributed by atoms with van der Waals surface area (Å²) < 4.78 is 0. The van der Waals surface area contributed by atoms with Gasteiger partial charge in [-0.1, -0.05) is 36.2 Å². The zero-order valence-corrected chi connectivity index (χ0v) is 12.9. The van der Waals surface area contributed by atoms with Crippen LogP contribution >= 0.6 is 23.2 Å². The van der Waals surface area contributed by atoms with Crippen LogP contribution in [0.25, 0.3) is 0 Å². The molecule has 0 saturated heterocycles. The standard InChI is InChI=1S/C14H16Cl2N4/c1-3-11-18-12(17-4-2)8-13(19-11)20-14-9(15)6-5-7-10(14)16/h5-8H,3-4H2,1-2H3,(H2,17,18,19,20). The molecule has 1 aromatic carbocycles. The van der Waals surface area contributed by atoms with Crippen molar-refractivity contribution in [3.8, 4) is 0 Å². The van der Waals surface area contributed by atoms with E-state index in [0.29, 0.717) is 21.6 Å². The van der Waals surface area contributed by atoms with E-state index in [-0.39, 0.29) is 0 Å². The molecule has 0 saturated carbocycles. The monoisotopic (exact) mass is 310 g/mol. The number of nitrogens with zero attached hydrogens (tertiary/aromatic N) is 2. The molecular formula is C14H16Cl2N4. The van der Waals surface area contributed by atoms with E-state index < -0.39 is 0 Å². The largest absolute Gasteiger partial charge is 0.370 e. The van der Waals surface area contributed by atoms with Crippen LogP contribution in [0.15, 0.2) is 24.3 Å². The Morgan fingerprint density at radius 1 is 1.05 bits per heavy atom. The summed E-state index contributed by atoms with van der Waals surface area (Å²) in [6, 6.07) is 7.20. The van der Waals surface area contributed by atoms with E-state index in [1.165, 1.54) is 0 Å². The summed E-state index contributed by atoms with van der Waals surface area (Å²) >= 11 is 12.3. The predicted octanol–water partition coefficient (Wildman–Crippen LogP) is 4.52. The van der Waals surface area contributed by atoms with Gasteiger partial charge in [0, 0.05) is 19.0 Å². The number of para-hydroxylation sites is 1. The zero-order valence-electron chi connectivity index (χ0n) is 11.4. The minimum Gasteiger partial charge on any atom is -0.370 e. The Labute approximate surface area is 128 Å². The highest BCUT2D eigenvalue weighted by Gasteiger charge is 2.08. The SMILES string of the molecule is CCNc1cc(Nc2c(Cl)cccc2Cl)nc(CC)n1. The smallest absolute Gasteiger partial charge is 0.136 e. The van der Waals surface area contributed by atoms with Crippen molar-refractivity contribution >= 4 is 40.5 Å². The van der Waals surface area contributed by atoms with Crippen LogP contribution in [0.5, 0.6) is 0 Å². The fraction of sp³-hybridized carbons (Fsp3) is 0.286. The number of aryl methyl sites for hydroxylation is 1. The van der Waals surface area contributed by atoms with Crippen LogP contribution < -0.4 is 10.6 Å². The van der Waals surface area contributed by atoms with E-state index >= 15 is 0 Å². The van der Waals surface area contributed by atoms with Crippen molar-refractivity contribution in [1.82, 2.24) is 9.97 Å². The zero-order chi connectivity index (χ0) is 14.5. The molecule has 106 valence electrons. The van der Waals surface area contributed by atoms with E-state index in [1.807, 2.05) is 19.9 Å². The van der Waals surface area contributed by atoms with Gasteiger partial charge in [-0.2, -0.15) is 0 Å². The van der Waals surface area contributed by atoms with Gasteiger partial charge in [0.15, 0.2) is 0 Å². The van der Waals surface area contributed by atoms with Crippen LogP contribution in [0.4, 0.5) is 17.3 Å². The maximum Gasteiger partial charge on any atom is 0.136 e. The van der Waals surface area contributed by atoms with Crippen molar-refractivity contribution in [1.29, 1.82) is 0 Å². The molecule has 0 aliphatic heterocycles. The topological polar surface area (TPSA) is 49.8 Å². The number of hydrogen-bond donors (Lipinski definition) is 2. The number of anilines is 3. The van der Waals surface area contributed by atoms with Gasteiger partial charge < -0.3 is 10.6 Å². The summed E-state index contributed by atoms with van der Waals surface area (Å²) in [7, 11) is 0. The highest BCUT2D eigenvalue weighted by atomic mass is 35.5. The molecule has 0 unspecified atom stereocenters. The molecule has 20 heavy (non-hydrogen) atoms. The molecule has 2 N–H and O–H groups in total. The third-order valence-corrected chi connectivity index (χ3v) is 3.29. The van der Waals surface area contributed by atoms with Gasteiger partial charge in [-0.05, 0) is 19.1 Å². The molecule has 4 nitrogen and oxygen atoms in total. The lowest BCUT2D eigenvalue weighted by atomic mass is 10.3. The Morgan fingerprint density at radius 2 is 1.70 bits per heavy atom. The van der Waals surface area contributed by atoms with Gasteiger partial charge in [0.05, 0.1) is 15.7 Å². The van der Waals surface area contributed by atoms with Gasteiger partial charge in [-0.3, -0.25) is 0 Å². The van der Waals surface area contributed by atoms with Crippen LogP contribution in [-0.2, 0) is 6.42 Å². The number of benzene rings is 1. The van der Waals surface area contributed by atoms with Crippen LogP contribution in [-0.4, -0.2) is 16.5 Å². The first kappa shape index (κ1) is 14.9. The van der Waals surface area contributed by atoms with Gasteiger partial charge in [-0.15, -0.1) is 0 Å². The molecule has 2 aromatic rings. The first-order valence-corrected chi connectivity index (χ1v) is 7.22. The van der Waals surface area contributed by atoms with Crippen LogP contribution in [0.3, 0.4) is 0 Å². The molecule has 0 aliphatic rings.